The van der Waals surface area contributed by atoms with Crippen molar-refractivity contribution in [2.45, 2.75) is 91.8 Å². The average molecular weight is 571 g/mol. The van der Waals surface area contributed by atoms with Crippen molar-refractivity contribution >= 4 is 11.9 Å². The van der Waals surface area contributed by atoms with Gasteiger partial charge < -0.3 is 52.5 Å². The Labute approximate surface area is 232 Å². The SMILES string of the molecule is CCOC(OCC)(OCC)C(OC)OC(=O)C(CCCC(=O)O)C(OC)(OCC)C(OCC)(OCC)OCC. The molecule has 1 N–H and O–H groups in total. The highest BCUT2D eigenvalue weighted by Gasteiger charge is 2.65. The molecule has 0 radical (unpaired) electrons. The third kappa shape index (κ3) is 9.87. The van der Waals surface area contributed by atoms with Crippen LogP contribution in [0, 0.1) is 5.92 Å². The quantitative estimate of drug-likeness (QED) is 0.127. The summed E-state index contributed by atoms with van der Waals surface area (Å²) in [5.41, 5.74) is 0. The minimum atomic E-state index is -2.02. The van der Waals surface area contributed by atoms with Gasteiger partial charge in [-0.25, -0.2) is 0 Å². The van der Waals surface area contributed by atoms with Crippen LogP contribution in [0.1, 0.15) is 67.7 Å². The van der Waals surface area contributed by atoms with Gasteiger partial charge in [0.15, 0.2) is 0 Å². The van der Waals surface area contributed by atoms with Crippen molar-refractivity contribution in [3.05, 3.63) is 0 Å². The Kier molecular flexibility index (Phi) is 18.9. The summed E-state index contributed by atoms with van der Waals surface area (Å²) in [6.45, 7) is 12.9. The lowest BCUT2D eigenvalue weighted by molar-refractivity contribution is -0.502. The fourth-order valence-electron chi connectivity index (χ4n) is 4.25. The first-order valence-corrected chi connectivity index (χ1v) is 13.6. The predicted molar refractivity (Wildman–Crippen MR) is 138 cm³/mol. The van der Waals surface area contributed by atoms with Gasteiger partial charge in [0.2, 0.25) is 0 Å². The molecule has 0 aliphatic heterocycles. The number of carbonyl (C=O) groups excluding carboxylic acids is 1. The third-order valence-corrected chi connectivity index (χ3v) is 5.48. The lowest BCUT2D eigenvalue weighted by Gasteiger charge is -2.49. The van der Waals surface area contributed by atoms with E-state index in [4.69, 9.17) is 47.4 Å². The van der Waals surface area contributed by atoms with Crippen LogP contribution in [0.4, 0.5) is 0 Å². The molecule has 0 aliphatic carbocycles. The Hall–Kier alpha value is -1.42. The smallest absolute Gasteiger partial charge is 0.349 e. The molecule has 0 heterocycles. The van der Waals surface area contributed by atoms with Crippen molar-refractivity contribution in [2.75, 3.05) is 60.5 Å². The molecule has 3 atom stereocenters. The number of aliphatic carboxylic acids is 1. The zero-order valence-corrected chi connectivity index (χ0v) is 25.1. The van der Waals surface area contributed by atoms with Crippen LogP contribution in [0.2, 0.25) is 0 Å². The molecule has 0 aromatic heterocycles. The van der Waals surface area contributed by atoms with Crippen molar-refractivity contribution in [3.8, 4) is 0 Å². The van der Waals surface area contributed by atoms with Gasteiger partial charge in [-0.1, -0.05) is 0 Å². The standard InChI is InChI=1S/C26H50O13/c1-10-32-24(31-9,26(36-14-5,37-15-6)38-16-7)20(18-17-19-21(27)28)22(29)39-23(30-8)25(33-11-2,34-12-3)35-13-4/h20,23H,10-19H2,1-9H3,(H,27,28). The predicted octanol–water partition coefficient (Wildman–Crippen LogP) is 3.28. The maximum Gasteiger partial charge on any atom is 0.349 e. The number of ether oxygens (including phenoxy) is 10. The van der Waals surface area contributed by atoms with Crippen molar-refractivity contribution in [1.82, 2.24) is 0 Å². The molecule has 232 valence electrons. The van der Waals surface area contributed by atoms with E-state index >= 15 is 0 Å². The van der Waals surface area contributed by atoms with Gasteiger partial charge >= 0.3 is 23.9 Å². The summed E-state index contributed by atoms with van der Waals surface area (Å²) in [5.74, 6) is -9.16. The van der Waals surface area contributed by atoms with Crippen molar-refractivity contribution < 1.29 is 62.1 Å². The second-order valence-electron chi connectivity index (χ2n) is 7.91. The molecule has 0 bridgehead atoms. The number of hydrogen-bond acceptors (Lipinski definition) is 12. The summed E-state index contributed by atoms with van der Waals surface area (Å²) >= 11 is 0. The van der Waals surface area contributed by atoms with E-state index in [2.05, 4.69) is 0 Å². The van der Waals surface area contributed by atoms with Gasteiger partial charge in [0.05, 0.1) is 0 Å². The topological polar surface area (TPSA) is 147 Å². The summed E-state index contributed by atoms with van der Waals surface area (Å²) in [4.78, 5) is 25.4. The molecule has 39 heavy (non-hydrogen) atoms. The van der Waals surface area contributed by atoms with E-state index in [1.807, 2.05) is 0 Å². The van der Waals surface area contributed by atoms with Gasteiger partial charge in [0.1, 0.15) is 5.92 Å². The molecule has 0 spiro atoms. The molecule has 0 rings (SSSR count). The summed E-state index contributed by atoms with van der Waals surface area (Å²) in [6, 6.07) is 0. The van der Waals surface area contributed by atoms with Crippen LogP contribution >= 0.6 is 0 Å². The lowest BCUT2D eigenvalue weighted by Crippen LogP contribution is -2.67. The molecule has 0 saturated heterocycles. The first-order chi connectivity index (χ1) is 18.6. The third-order valence-electron chi connectivity index (χ3n) is 5.48. The van der Waals surface area contributed by atoms with Crippen molar-refractivity contribution in [1.29, 1.82) is 0 Å². The number of carboxylic acid groups (broad SMARTS) is 1. The van der Waals surface area contributed by atoms with Crippen LogP contribution in [0.25, 0.3) is 0 Å². The van der Waals surface area contributed by atoms with Gasteiger partial charge in [-0.3, -0.25) is 9.59 Å². The van der Waals surface area contributed by atoms with E-state index < -0.39 is 41.9 Å². The number of methoxy groups -OCH3 is 2. The van der Waals surface area contributed by atoms with E-state index in [9.17, 15) is 14.7 Å². The Morgan fingerprint density at radius 3 is 1.46 bits per heavy atom. The fourth-order valence-corrected chi connectivity index (χ4v) is 4.25. The van der Waals surface area contributed by atoms with E-state index in [0.29, 0.717) is 0 Å². The van der Waals surface area contributed by atoms with Crippen LogP contribution in [0.5, 0.6) is 0 Å². The summed E-state index contributed by atoms with van der Waals surface area (Å²) in [6.07, 6.45) is -1.70. The molecular formula is C26H50O13. The van der Waals surface area contributed by atoms with Gasteiger partial charge in [0, 0.05) is 66.9 Å². The van der Waals surface area contributed by atoms with E-state index in [-0.39, 0.29) is 65.5 Å². The fraction of sp³-hybridized carbons (Fsp3) is 0.923. The second-order valence-corrected chi connectivity index (χ2v) is 7.91. The number of carbonyl (C=O) groups is 2. The molecule has 0 fully saturated rings. The number of esters is 1. The Morgan fingerprint density at radius 2 is 1.13 bits per heavy atom. The molecule has 0 aromatic carbocycles. The number of rotatable bonds is 25. The normalized spacial score (nSPS) is 15.5. The summed E-state index contributed by atoms with van der Waals surface area (Å²) in [5, 5.41) is 9.29. The first-order valence-electron chi connectivity index (χ1n) is 13.6. The molecule has 0 aliphatic rings. The van der Waals surface area contributed by atoms with Crippen LogP contribution in [-0.4, -0.2) is 102 Å². The molecule has 13 heteroatoms. The zero-order chi connectivity index (χ0) is 30.0. The second kappa shape index (κ2) is 19.6. The molecule has 3 unspecified atom stereocenters. The zero-order valence-electron chi connectivity index (χ0n) is 25.1. The Morgan fingerprint density at radius 1 is 0.692 bits per heavy atom. The highest BCUT2D eigenvalue weighted by molar-refractivity contribution is 5.74. The molecule has 13 nitrogen and oxygen atoms in total. The van der Waals surface area contributed by atoms with E-state index in [1.54, 1.807) is 48.5 Å². The summed E-state index contributed by atoms with van der Waals surface area (Å²) in [7, 11) is 2.62. The van der Waals surface area contributed by atoms with Gasteiger partial charge in [-0.05, 0) is 61.3 Å². The number of carboxylic acids is 1. The minimum absolute atomic E-state index is 0.0556. The van der Waals surface area contributed by atoms with Crippen LogP contribution in [0.3, 0.4) is 0 Å². The van der Waals surface area contributed by atoms with Gasteiger partial charge in [-0.15, -0.1) is 0 Å². The Bertz CT molecular complexity index is 640. The average Bonchev–Trinajstić information content (AvgIpc) is 2.89. The first kappa shape index (κ1) is 37.6. The monoisotopic (exact) mass is 570 g/mol. The largest absolute Gasteiger partial charge is 0.481 e. The van der Waals surface area contributed by atoms with E-state index in [1.165, 1.54) is 14.2 Å². The molecule has 0 amide bonds. The number of hydrogen-bond donors (Lipinski definition) is 1. The van der Waals surface area contributed by atoms with Crippen LogP contribution < -0.4 is 0 Å². The van der Waals surface area contributed by atoms with Gasteiger partial charge in [0.25, 0.3) is 12.1 Å². The van der Waals surface area contributed by atoms with Gasteiger partial charge in [-0.2, -0.15) is 0 Å². The summed E-state index contributed by atoms with van der Waals surface area (Å²) < 4.78 is 58.4. The van der Waals surface area contributed by atoms with Crippen LogP contribution in [-0.2, 0) is 57.0 Å². The highest BCUT2D eigenvalue weighted by Crippen LogP contribution is 2.43. The van der Waals surface area contributed by atoms with Crippen molar-refractivity contribution in [2.24, 2.45) is 5.92 Å². The molecule has 0 aromatic rings. The minimum Gasteiger partial charge on any atom is -0.481 e. The van der Waals surface area contributed by atoms with E-state index in [0.717, 1.165) is 0 Å². The molecular weight excluding hydrogens is 520 g/mol. The Balaban J connectivity index is 6.96. The maximum absolute atomic E-state index is 14.0. The van der Waals surface area contributed by atoms with Crippen LogP contribution in [0.15, 0.2) is 0 Å². The lowest BCUT2D eigenvalue weighted by atomic mass is 9.89. The maximum atomic E-state index is 14.0. The van der Waals surface area contributed by atoms with Crippen molar-refractivity contribution in [3.63, 3.8) is 0 Å². The molecule has 0 saturated carbocycles. The highest BCUT2D eigenvalue weighted by atomic mass is 16.9.